The van der Waals surface area contributed by atoms with Crippen LogP contribution in [0.15, 0.2) is 36.5 Å². The molecule has 1 rings (SSSR count). The summed E-state index contributed by atoms with van der Waals surface area (Å²) in [7, 11) is 2.13. The van der Waals surface area contributed by atoms with Gasteiger partial charge in [0.25, 0.3) is 0 Å². The Bertz CT molecular complexity index is 282. The minimum atomic E-state index is 1.02. The smallest absolute Gasteiger partial charge is 0.0233 e. The molecule has 0 aliphatic carbocycles. The maximum absolute atomic E-state index is 3.78. The first-order chi connectivity index (χ1) is 10.7. The summed E-state index contributed by atoms with van der Waals surface area (Å²) < 4.78 is 0. The normalized spacial score (nSPS) is 14.4. The van der Waals surface area contributed by atoms with E-state index in [1.54, 1.807) is 0 Å². The minimum Gasteiger partial charge on any atom is -0.302 e. The predicted octanol–water partition coefficient (Wildman–Crippen LogP) is 6.77. The van der Waals surface area contributed by atoms with E-state index in [1.807, 2.05) is 26.0 Å². The molecule has 0 fully saturated rings. The molecule has 0 aromatic carbocycles. The zero-order chi connectivity index (χ0) is 17.2. The summed E-state index contributed by atoms with van der Waals surface area (Å²) in [6.07, 6.45) is 15.0. The average Bonchev–Trinajstić information content (AvgIpc) is 2.57. The molecule has 0 amide bonds. The zero-order valence-corrected chi connectivity index (χ0v) is 16.1. The Hall–Kier alpha value is -0.820. The van der Waals surface area contributed by atoms with Crippen LogP contribution < -0.4 is 0 Å². The fourth-order valence-corrected chi connectivity index (χ4v) is 2.40. The molecule has 130 valence electrons. The van der Waals surface area contributed by atoms with Gasteiger partial charge in [-0.2, -0.15) is 0 Å². The molecule has 0 aromatic heterocycles. The van der Waals surface area contributed by atoms with E-state index in [0.717, 1.165) is 19.5 Å². The summed E-state index contributed by atoms with van der Waals surface area (Å²) in [5, 5.41) is 0. The molecule has 1 heterocycles. The molecular weight excluding hydrogens is 266 g/mol. The first-order valence-corrected chi connectivity index (χ1v) is 9.34. The Labute approximate surface area is 141 Å². The highest BCUT2D eigenvalue weighted by Gasteiger charge is 2.10. The number of hydrogen-bond acceptors (Lipinski definition) is 1. The van der Waals surface area contributed by atoms with Gasteiger partial charge in [-0.05, 0) is 24.6 Å². The second-order valence-corrected chi connectivity index (χ2v) is 5.71. The molecule has 22 heavy (non-hydrogen) atoms. The minimum absolute atomic E-state index is 1.02. The van der Waals surface area contributed by atoms with Crippen LogP contribution in [0.2, 0.25) is 0 Å². The summed E-state index contributed by atoms with van der Waals surface area (Å²) in [4.78, 5) is 2.30. The van der Waals surface area contributed by atoms with Crippen molar-refractivity contribution in [2.45, 2.75) is 79.1 Å². The molecule has 0 spiro atoms. The Balaban J connectivity index is 0. The van der Waals surface area contributed by atoms with Crippen molar-refractivity contribution in [2.24, 2.45) is 0 Å². The van der Waals surface area contributed by atoms with Crippen molar-refractivity contribution >= 4 is 0 Å². The van der Waals surface area contributed by atoms with Gasteiger partial charge < -0.3 is 4.90 Å². The molecule has 0 bridgehead atoms. The number of unbranched alkanes of at least 4 members (excludes halogenated alkanes) is 6. The number of hydrogen-bond donors (Lipinski definition) is 0. The van der Waals surface area contributed by atoms with Gasteiger partial charge in [-0.1, -0.05) is 98.0 Å². The fourth-order valence-electron chi connectivity index (χ4n) is 2.40. The maximum atomic E-state index is 3.78. The molecular formula is C21H41N. The van der Waals surface area contributed by atoms with Crippen molar-refractivity contribution in [3.05, 3.63) is 36.5 Å². The van der Waals surface area contributed by atoms with Crippen LogP contribution in [0.1, 0.15) is 79.1 Å². The summed E-state index contributed by atoms with van der Waals surface area (Å²) in [5.41, 5.74) is 2.69. The van der Waals surface area contributed by atoms with Crippen LogP contribution in [-0.2, 0) is 0 Å². The summed E-state index contributed by atoms with van der Waals surface area (Å²) in [6.45, 7) is 18.3. The molecule has 0 aromatic rings. The van der Waals surface area contributed by atoms with Gasteiger partial charge in [0, 0.05) is 13.1 Å². The van der Waals surface area contributed by atoms with Gasteiger partial charge in [-0.15, -0.1) is 0 Å². The summed E-state index contributed by atoms with van der Waals surface area (Å²) in [6, 6.07) is 0. The van der Waals surface area contributed by atoms with E-state index in [0.29, 0.717) is 0 Å². The lowest BCUT2D eigenvalue weighted by Gasteiger charge is -2.24. The van der Waals surface area contributed by atoms with Crippen LogP contribution in [0.25, 0.3) is 0 Å². The lowest BCUT2D eigenvalue weighted by Crippen LogP contribution is -2.26. The van der Waals surface area contributed by atoms with Crippen molar-refractivity contribution in [1.82, 2.24) is 4.90 Å². The first-order valence-electron chi connectivity index (χ1n) is 9.34. The molecule has 1 aliphatic heterocycles. The first kappa shape index (κ1) is 23.4. The zero-order valence-electron chi connectivity index (χ0n) is 16.1. The number of allylic oxidation sites excluding steroid dienone is 1. The van der Waals surface area contributed by atoms with Gasteiger partial charge in [0.1, 0.15) is 0 Å². The number of likely N-dealkylation sites (N-methyl/N-ethyl adjacent to an activating group) is 1. The number of rotatable bonds is 8. The molecule has 1 nitrogen and oxygen atoms in total. The molecule has 0 atom stereocenters. The second kappa shape index (κ2) is 18.2. The lowest BCUT2D eigenvalue weighted by molar-refractivity contribution is 0.354. The van der Waals surface area contributed by atoms with Crippen LogP contribution in [0.3, 0.4) is 0 Å². The van der Waals surface area contributed by atoms with E-state index in [2.05, 4.69) is 39.0 Å². The molecule has 1 heteroatoms. The molecule has 0 unspecified atom stereocenters. The van der Waals surface area contributed by atoms with E-state index in [4.69, 9.17) is 0 Å². The summed E-state index contributed by atoms with van der Waals surface area (Å²) >= 11 is 0. The lowest BCUT2D eigenvalue weighted by atomic mass is 10.0. The third-order valence-electron chi connectivity index (χ3n) is 3.82. The topological polar surface area (TPSA) is 3.24 Å². The van der Waals surface area contributed by atoms with Crippen molar-refractivity contribution < 1.29 is 0 Å². The molecule has 0 saturated carbocycles. The third kappa shape index (κ3) is 12.9. The third-order valence-corrected chi connectivity index (χ3v) is 3.82. The highest BCUT2D eigenvalue weighted by molar-refractivity contribution is 5.34. The Kier molecular flexibility index (Phi) is 19.4. The van der Waals surface area contributed by atoms with E-state index < -0.39 is 0 Å². The monoisotopic (exact) mass is 307 g/mol. The van der Waals surface area contributed by atoms with E-state index in [9.17, 15) is 0 Å². The van der Waals surface area contributed by atoms with Gasteiger partial charge in [0.15, 0.2) is 0 Å². The molecule has 1 aliphatic rings. The van der Waals surface area contributed by atoms with Gasteiger partial charge in [-0.25, -0.2) is 0 Å². The van der Waals surface area contributed by atoms with Gasteiger partial charge >= 0.3 is 0 Å². The highest BCUT2D eigenvalue weighted by atomic mass is 15.1. The predicted molar refractivity (Wildman–Crippen MR) is 105 cm³/mol. The van der Waals surface area contributed by atoms with E-state index >= 15 is 0 Å². The van der Waals surface area contributed by atoms with Crippen LogP contribution in [0.5, 0.6) is 0 Å². The van der Waals surface area contributed by atoms with Gasteiger partial charge in [0.2, 0.25) is 0 Å². The van der Waals surface area contributed by atoms with Crippen LogP contribution >= 0.6 is 0 Å². The Morgan fingerprint density at radius 1 is 0.864 bits per heavy atom. The SMILES string of the molecule is C=CC1=C(C=C)CN(C)CC1.CC.CCCCCCCCC. The standard InChI is InChI=1S/C10H15N.C9H20.C2H6/c1-4-9-6-7-11(3)8-10(9)5-2;1-3-5-7-9-8-6-4-2;1-2/h4-5H,1-2,6-8H2,3H3;3-9H2,1-2H3;1-2H3. The van der Waals surface area contributed by atoms with E-state index in [-0.39, 0.29) is 0 Å². The summed E-state index contributed by atoms with van der Waals surface area (Å²) in [5.74, 6) is 0. The molecule has 0 saturated heterocycles. The number of nitrogens with zero attached hydrogens (tertiary/aromatic N) is 1. The van der Waals surface area contributed by atoms with E-state index in [1.165, 1.54) is 56.1 Å². The largest absolute Gasteiger partial charge is 0.302 e. The van der Waals surface area contributed by atoms with Gasteiger partial charge in [-0.3, -0.25) is 0 Å². The second-order valence-electron chi connectivity index (χ2n) is 5.71. The van der Waals surface area contributed by atoms with Crippen molar-refractivity contribution in [3.8, 4) is 0 Å². The Morgan fingerprint density at radius 2 is 1.32 bits per heavy atom. The Morgan fingerprint density at radius 3 is 1.73 bits per heavy atom. The van der Waals surface area contributed by atoms with Crippen LogP contribution in [-0.4, -0.2) is 25.0 Å². The highest BCUT2D eigenvalue weighted by Crippen LogP contribution is 2.17. The molecule has 0 N–H and O–H groups in total. The maximum Gasteiger partial charge on any atom is 0.0233 e. The van der Waals surface area contributed by atoms with Crippen molar-refractivity contribution in [2.75, 3.05) is 20.1 Å². The fraction of sp³-hybridized carbons (Fsp3) is 0.714. The van der Waals surface area contributed by atoms with Crippen molar-refractivity contribution in [3.63, 3.8) is 0 Å². The average molecular weight is 308 g/mol. The van der Waals surface area contributed by atoms with Crippen molar-refractivity contribution in [1.29, 1.82) is 0 Å². The van der Waals surface area contributed by atoms with Crippen LogP contribution in [0.4, 0.5) is 0 Å². The quantitative estimate of drug-likeness (QED) is 0.447. The van der Waals surface area contributed by atoms with Gasteiger partial charge in [0.05, 0.1) is 0 Å². The van der Waals surface area contributed by atoms with Crippen LogP contribution in [0, 0.1) is 0 Å². The molecule has 0 radical (unpaired) electrons.